The molecule has 0 heterocycles. The smallest absolute Gasteiger partial charge is 0.306 e. The number of amides is 1. The maximum atomic E-state index is 12.8. The van der Waals surface area contributed by atoms with E-state index in [0.717, 1.165) is 29.1 Å². The molecule has 5 saturated carbocycles. The minimum absolute atomic E-state index is 0.0384. The van der Waals surface area contributed by atoms with Crippen molar-refractivity contribution in [2.75, 3.05) is 10.6 Å². The van der Waals surface area contributed by atoms with Crippen LogP contribution in [0.3, 0.4) is 0 Å². The molecule has 0 unspecified atom stereocenters. The summed E-state index contributed by atoms with van der Waals surface area (Å²) < 4.78 is 0. The summed E-state index contributed by atoms with van der Waals surface area (Å²) >= 11 is 0. The predicted molar refractivity (Wildman–Crippen MR) is 108 cm³/mol. The summed E-state index contributed by atoms with van der Waals surface area (Å²) in [5.74, 6) is 1.21. The van der Waals surface area contributed by atoms with E-state index >= 15 is 0 Å². The number of anilines is 2. The van der Waals surface area contributed by atoms with Crippen LogP contribution < -0.4 is 10.6 Å². The Labute approximate surface area is 166 Å². The number of benzene rings is 1. The molecule has 1 aromatic rings. The summed E-state index contributed by atoms with van der Waals surface area (Å²) in [6, 6.07) is 8.01. The number of hydrogen-bond acceptors (Lipinski definition) is 3. The van der Waals surface area contributed by atoms with Crippen molar-refractivity contribution in [3.8, 4) is 0 Å². The summed E-state index contributed by atoms with van der Waals surface area (Å²) in [6.45, 7) is 0. The fraction of sp³-hybridized carbons (Fsp3) is 0.652. The molecule has 150 valence electrons. The van der Waals surface area contributed by atoms with E-state index in [9.17, 15) is 14.7 Å². The van der Waals surface area contributed by atoms with Crippen LogP contribution >= 0.6 is 0 Å². The number of hydrogen-bond donors (Lipinski definition) is 3. The topological polar surface area (TPSA) is 78.4 Å². The molecule has 4 bridgehead atoms. The van der Waals surface area contributed by atoms with E-state index in [1.54, 1.807) is 0 Å². The van der Waals surface area contributed by atoms with E-state index in [0.29, 0.717) is 19.3 Å². The van der Waals surface area contributed by atoms with Gasteiger partial charge in [-0.15, -0.1) is 0 Å². The van der Waals surface area contributed by atoms with Gasteiger partial charge in [-0.05, 0) is 87.7 Å². The SMILES string of the molecule is O=C(O)[C@@H]1CC[C@H](C(=O)Nc2ccccc2NC23CC4CC(CC(C4)C2)C3)C1. The summed E-state index contributed by atoms with van der Waals surface area (Å²) in [5, 5.41) is 16.2. The Morgan fingerprint density at radius 3 is 2.00 bits per heavy atom. The van der Waals surface area contributed by atoms with Crippen LogP contribution in [0.2, 0.25) is 0 Å². The molecule has 5 aliphatic carbocycles. The van der Waals surface area contributed by atoms with Gasteiger partial charge in [-0.2, -0.15) is 0 Å². The van der Waals surface area contributed by atoms with Crippen molar-refractivity contribution in [3.63, 3.8) is 0 Å². The van der Waals surface area contributed by atoms with Crippen molar-refractivity contribution in [2.24, 2.45) is 29.6 Å². The number of carboxylic acids is 1. The van der Waals surface area contributed by atoms with Gasteiger partial charge in [-0.25, -0.2) is 0 Å². The second-order valence-corrected chi connectivity index (χ2v) is 9.90. The van der Waals surface area contributed by atoms with E-state index < -0.39 is 5.97 Å². The average Bonchev–Trinajstić information content (AvgIpc) is 3.12. The van der Waals surface area contributed by atoms with Crippen molar-refractivity contribution >= 4 is 23.3 Å². The lowest BCUT2D eigenvalue weighted by Gasteiger charge is -2.57. The van der Waals surface area contributed by atoms with Gasteiger partial charge in [0.05, 0.1) is 17.3 Å². The van der Waals surface area contributed by atoms with Crippen molar-refractivity contribution in [2.45, 2.75) is 63.3 Å². The molecule has 3 N–H and O–H groups in total. The van der Waals surface area contributed by atoms with Gasteiger partial charge in [0.15, 0.2) is 0 Å². The minimum Gasteiger partial charge on any atom is -0.481 e. The normalized spacial score (nSPS) is 38.4. The first kappa shape index (κ1) is 18.0. The quantitative estimate of drug-likeness (QED) is 0.700. The van der Waals surface area contributed by atoms with Crippen LogP contribution in [-0.4, -0.2) is 22.5 Å². The molecule has 0 radical (unpaired) electrons. The third-order valence-corrected chi connectivity index (χ3v) is 7.78. The van der Waals surface area contributed by atoms with Crippen LogP contribution in [0.15, 0.2) is 24.3 Å². The monoisotopic (exact) mass is 382 g/mol. The molecule has 5 aliphatic rings. The molecule has 0 spiro atoms. The Bertz CT molecular complexity index is 755. The second-order valence-electron chi connectivity index (χ2n) is 9.90. The molecule has 0 aromatic heterocycles. The second kappa shape index (κ2) is 6.78. The summed E-state index contributed by atoms with van der Waals surface area (Å²) in [4.78, 5) is 24.0. The Morgan fingerprint density at radius 2 is 1.43 bits per heavy atom. The number of carboxylic acid groups (broad SMARTS) is 1. The first-order chi connectivity index (χ1) is 13.5. The highest BCUT2D eigenvalue weighted by Crippen LogP contribution is 2.56. The first-order valence-electron chi connectivity index (χ1n) is 10.9. The van der Waals surface area contributed by atoms with Gasteiger partial charge < -0.3 is 15.7 Å². The van der Waals surface area contributed by atoms with Crippen LogP contribution in [0.5, 0.6) is 0 Å². The van der Waals surface area contributed by atoms with Gasteiger partial charge in [0.1, 0.15) is 0 Å². The Hall–Kier alpha value is -2.04. The van der Waals surface area contributed by atoms with E-state index in [2.05, 4.69) is 16.7 Å². The molecule has 5 heteroatoms. The lowest BCUT2D eigenvalue weighted by atomic mass is 9.53. The molecule has 1 aromatic carbocycles. The highest BCUT2D eigenvalue weighted by atomic mass is 16.4. The molecular weight excluding hydrogens is 352 g/mol. The number of aliphatic carboxylic acids is 1. The van der Waals surface area contributed by atoms with Crippen LogP contribution in [-0.2, 0) is 9.59 Å². The number of rotatable bonds is 5. The standard InChI is InChI=1S/C23H30N2O3/c26-21(17-5-6-18(10-17)22(27)28)24-19-3-1-2-4-20(19)25-23-11-14-7-15(12-23)9-16(8-14)13-23/h1-4,14-18,25H,5-13H2,(H,24,26)(H,27,28)/t14?,15?,16?,17-,18+,23?/m0/s1. The van der Waals surface area contributed by atoms with Gasteiger partial charge in [0, 0.05) is 11.5 Å². The summed E-state index contributed by atoms with van der Waals surface area (Å²) in [7, 11) is 0. The zero-order valence-corrected chi connectivity index (χ0v) is 16.3. The largest absolute Gasteiger partial charge is 0.481 e. The van der Waals surface area contributed by atoms with E-state index in [4.69, 9.17) is 0 Å². The van der Waals surface area contributed by atoms with E-state index in [1.165, 1.54) is 38.5 Å². The van der Waals surface area contributed by atoms with Gasteiger partial charge in [-0.3, -0.25) is 9.59 Å². The lowest BCUT2D eigenvalue weighted by molar-refractivity contribution is -0.141. The maximum absolute atomic E-state index is 12.8. The summed E-state index contributed by atoms with van der Waals surface area (Å²) in [6.07, 6.45) is 9.70. The van der Waals surface area contributed by atoms with Gasteiger partial charge >= 0.3 is 5.97 Å². The van der Waals surface area contributed by atoms with E-state index in [1.807, 2.05) is 18.2 Å². The molecule has 28 heavy (non-hydrogen) atoms. The molecular formula is C23H30N2O3. The van der Waals surface area contributed by atoms with Crippen LogP contribution in [0.25, 0.3) is 0 Å². The van der Waals surface area contributed by atoms with E-state index in [-0.39, 0.29) is 23.3 Å². The molecule has 5 nitrogen and oxygen atoms in total. The maximum Gasteiger partial charge on any atom is 0.306 e. The third kappa shape index (κ3) is 3.29. The zero-order chi connectivity index (χ0) is 19.3. The highest BCUT2D eigenvalue weighted by molar-refractivity contribution is 5.96. The number of carbonyl (C=O) groups excluding carboxylic acids is 1. The molecule has 0 aliphatic heterocycles. The van der Waals surface area contributed by atoms with Gasteiger partial charge in [0.25, 0.3) is 0 Å². The number of para-hydroxylation sites is 2. The fourth-order valence-corrected chi connectivity index (χ4v) is 6.93. The first-order valence-corrected chi connectivity index (χ1v) is 10.9. The number of nitrogens with one attached hydrogen (secondary N) is 2. The molecule has 0 saturated heterocycles. The Morgan fingerprint density at radius 1 is 0.857 bits per heavy atom. The van der Waals surface area contributed by atoms with Crippen LogP contribution in [0.4, 0.5) is 11.4 Å². The van der Waals surface area contributed by atoms with Crippen molar-refractivity contribution < 1.29 is 14.7 Å². The Kier molecular flexibility index (Phi) is 4.37. The lowest BCUT2D eigenvalue weighted by Crippen LogP contribution is -2.54. The molecule has 6 rings (SSSR count). The van der Waals surface area contributed by atoms with Crippen molar-refractivity contribution in [1.29, 1.82) is 0 Å². The third-order valence-electron chi connectivity index (χ3n) is 7.78. The van der Waals surface area contributed by atoms with Crippen molar-refractivity contribution in [1.82, 2.24) is 0 Å². The predicted octanol–water partition coefficient (Wildman–Crippen LogP) is 4.51. The Balaban J connectivity index is 1.30. The van der Waals surface area contributed by atoms with Gasteiger partial charge in [-0.1, -0.05) is 12.1 Å². The van der Waals surface area contributed by atoms with Crippen LogP contribution in [0, 0.1) is 29.6 Å². The summed E-state index contributed by atoms with van der Waals surface area (Å²) in [5.41, 5.74) is 2.05. The molecule has 1 amide bonds. The average molecular weight is 383 g/mol. The minimum atomic E-state index is -0.779. The van der Waals surface area contributed by atoms with Crippen molar-refractivity contribution in [3.05, 3.63) is 24.3 Å². The zero-order valence-electron chi connectivity index (χ0n) is 16.3. The molecule has 5 fully saturated rings. The highest BCUT2D eigenvalue weighted by Gasteiger charge is 2.51. The van der Waals surface area contributed by atoms with Crippen LogP contribution in [0.1, 0.15) is 57.8 Å². The fourth-order valence-electron chi connectivity index (χ4n) is 6.93. The number of carbonyl (C=O) groups is 2. The molecule has 2 atom stereocenters. The van der Waals surface area contributed by atoms with Gasteiger partial charge in [0.2, 0.25) is 5.91 Å².